The molecule has 0 aromatic carbocycles. The molecule has 0 radical (unpaired) electrons. The Balaban J connectivity index is 1.89. The van der Waals surface area contributed by atoms with Crippen molar-refractivity contribution in [1.29, 1.82) is 0 Å². The number of hydrogen-bond acceptors (Lipinski definition) is 5. The van der Waals surface area contributed by atoms with Crippen LogP contribution in [0.2, 0.25) is 0 Å². The molecular formula is C18H26F3N5O2. The number of carbonyl (C=O) groups is 1. The molecule has 7 nitrogen and oxygen atoms in total. The largest absolute Gasteiger partial charge is 0.444 e. The van der Waals surface area contributed by atoms with Gasteiger partial charge in [0.2, 0.25) is 0 Å². The number of halogens is 3. The molecular weight excluding hydrogens is 375 g/mol. The standard InChI is InChI=1S/C18H26F3N5O2/c1-17(2,3)28-16(27)25-10-5-4-6-26(9-10)14-11(18(19,20)21)7-23-15-13(14)12(22)8-24-15/h8,10-11H,4-7,9,22H2,1-3H3,(H,23,24)(H,25,27)/t10-,11?/m1/s1. The number of nitrogen functional groups attached to an aromatic ring is 1. The van der Waals surface area contributed by atoms with Crippen molar-refractivity contribution in [3.8, 4) is 0 Å². The lowest BCUT2D eigenvalue weighted by atomic mass is 9.96. The molecule has 10 heteroatoms. The number of nitrogens with two attached hydrogens (primary N) is 1. The number of piperidine rings is 1. The van der Waals surface area contributed by atoms with Crippen LogP contribution in [0, 0.1) is 5.92 Å². The zero-order chi connectivity index (χ0) is 20.7. The van der Waals surface area contributed by atoms with E-state index >= 15 is 0 Å². The molecule has 2 aliphatic heterocycles. The third-order valence-corrected chi connectivity index (χ3v) is 4.79. The lowest BCUT2D eigenvalue weighted by Gasteiger charge is -2.39. The summed E-state index contributed by atoms with van der Waals surface area (Å²) in [6.07, 6.45) is -2.23. The van der Waals surface area contributed by atoms with Gasteiger partial charge in [-0.05, 0) is 33.6 Å². The molecule has 2 atom stereocenters. The number of likely N-dealkylation sites (tertiary alicyclic amines) is 1. The van der Waals surface area contributed by atoms with Crippen LogP contribution >= 0.6 is 0 Å². The molecule has 1 aromatic heterocycles. The number of ether oxygens (including phenoxy) is 1. The molecule has 0 saturated carbocycles. The molecule has 156 valence electrons. The summed E-state index contributed by atoms with van der Waals surface area (Å²) in [6.45, 7) is 5.60. The first-order valence-electron chi connectivity index (χ1n) is 9.28. The number of amides is 1. The van der Waals surface area contributed by atoms with Crippen LogP contribution in [-0.4, -0.2) is 53.4 Å². The van der Waals surface area contributed by atoms with Gasteiger partial charge < -0.3 is 25.7 Å². The number of rotatable bonds is 2. The highest BCUT2D eigenvalue weighted by atomic mass is 19.4. The Morgan fingerprint density at radius 2 is 2.11 bits per heavy atom. The smallest absolute Gasteiger partial charge is 0.407 e. The number of carbonyl (C=O) groups excluding carboxylic acids is 1. The summed E-state index contributed by atoms with van der Waals surface area (Å²) < 4.78 is 46.4. The van der Waals surface area contributed by atoms with E-state index in [1.54, 1.807) is 25.7 Å². The molecule has 0 aliphatic carbocycles. The number of nitrogens with one attached hydrogen (secondary N) is 2. The van der Waals surface area contributed by atoms with Crippen LogP contribution in [0.3, 0.4) is 0 Å². The average Bonchev–Trinajstić information content (AvgIpc) is 2.93. The summed E-state index contributed by atoms with van der Waals surface area (Å²) >= 11 is 0. The van der Waals surface area contributed by atoms with Crippen molar-refractivity contribution in [2.45, 2.75) is 51.4 Å². The van der Waals surface area contributed by atoms with E-state index in [9.17, 15) is 18.0 Å². The Bertz CT molecular complexity index is 856. The van der Waals surface area contributed by atoms with E-state index < -0.39 is 23.8 Å². The van der Waals surface area contributed by atoms with Gasteiger partial charge >= 0.3 is 12.3 Å². The van der Waals surface area contributed by atoms with Crippen molar-refractivity contribution in [3.63, 3.8) is 0 Å². The second kappa shape index (κ2) is 7.21. The Hall–Kier alpha value is -2.39. The number of H-pyrrole nitrogens is 1. The molecule has 28 heavy (non-hydrogen) atoms. The SMILES string of the molecule is CC(C)(C)OC(=O)N[C@@H]1CCCN(C2=c3c(N)c[nH]c3=NCC2C(F)(F)F)C1. The highest BCUT2D eigenvalue weighted by molar-refractivity contribution is 5.68. The number of aromatic amines is 1. The summed E-state index contributed by atoms with van der Waals surface area (Å²) in [4.78, 5) is 20.6. The minimum absolute atomic E-state index is 0.131. The van der Waals surface area contributed by atoms with Gasteiger partial charge in [0.25, 0.3) is 0 Å². The Kier molecular flexibility index (Phi) is 5.24. The minimum Gasteiger partial charge on any atom is -0.444 e. The van der Waals surface area contributed by atoms with Crippen LogP contribution in [0.5, 0.6) is 0 Å². The number of alkyl halides is 3. The van der Waals surface area contributed by atoms with Gasteiger partial charge in [-0.1, -0.05) is 0 Å². The lowest BCUT2D eigenvalue weighted by molar-refractivity contribution is -0.159. The molecule has 4 N–H and O–H groups in total. The van der Waals surface area contributed by atoms with Gasteiger partial charge in [0, 0.05) is 31.0 Å². The monoisotopic (exact) mass is 401 g/mol. The zero-order valence-corrected chi connectivity index (χ0v) is 16.2. The number of alkyl carbamates (subject to hydrolysis) is 1. The van der Waals surface area contributed by atoms with E-state index in [-0.39, 0.29) is 30.5 Å². The molecule has 1 aromatic rings. The third kappa shape index (κ3) is 4.36. The third-order valence-electron chi connectivity index (χ3n) is 4.79. The Morgan fingerprint density at radius 1 is 1.39 bits per heavy atom. The molecule has 1 fully saturated rings. The van der Waals surface area contributed by atoms with Crippen molar-refractivity contribution in [3.05, 3.63) is 16.9 Å². The highest BCUT2D eigenvalue weighted by Gasteiger charge is 2.46. The molecule has 1 amide bonds. The van der Waals surface area contributed by atoms with Crippen molar-refractivity contribution < 1.29 is 22.7 Å². The number of aromatic nitrogens is 1. The summed E-state index contributed by atoms with van der Waals surface area (Å²) in [7, 11) is 0. The second-order valence-corrected chi connectivity index (χ2v) is 8.22. The molecule has 0 spiro atoms. The topological polar surface area (TPSA) is 95.7 Å². The van der Waals surface area contributed by atoms with E-state index in [4.69, 9.17) is 10.5 Å². The number of nitrogens with zero attached hydrogens (tertiary/aromatic N) is 2. The van der Waals surface area contributed by atoms with Gasteiger partial charge in [-0.15, -0.1) is 0 Å². The van der Waals surface area contributed by atoms with Gasteiger partial charge in [-0.25, -0.2) is 4.79 Å². The van der Waals surface area contributed by atoms with Crippen LogP contribution in [0.15, 0.2) is 11.2 Å². The highest BCUT2D eigenvalue weighted by Crippen LogP contribution is 2.36. The maximum absolute atomic E-state index is 13.7. The van der Waals surface area contributed by atoms with Crippen LogP contribution in [0.4, 0.5) is 23.7 Å². The van der Waals surface area contributed by atoms with E-state index in [2.05, 4.69) is 15.3 Å². The van der Waals surface area contributed by atoms with Crippen LogP contribution < -0.4 is 21.8 Å². The normalized spacial score (nSPS) is 23.1. The van der Waals surface area contributed by atoms with Gasteiger partial charge in [-0.3, -0.25) is 4.99 Å². The quantitative estimate of drug-likeness (QED) is 0.700. The molecule has 0 bridgehead atoms. The van der Waals surface area contributed by atoms with E-state index in [1.807, 2.05) is 0 Å². The molecule has 1 saturated heterocycles. The Morgan fingerprint density at radius 3 is 2.75 bits per heavy atom. The van der Waals surface area contributed by atoms with Gasteiger partial charge in [0.15, 0.2) is 0 Å². The predicted octanol–water partition coefficient (Wildman–Crippen LogP) is 1.51. The summed E-state index contributed by atoms with van der Waals surface area (Å²) in [6, 6.07) is -0.313. The number of anilines is 1. The Labute approximate surface area is 160 Å². The summed E-state index contributed by atoms with van der Waals surface area (Å²) in [5, 5.41) is 3.08. The van der Waals surface area contributed by atoms with Crippen LogP contribution in [0.25, 0.3) is 5.70 Å². The molecule has 3 rings (SSSR count). The lowest BCUT2D eigenvalue weighted by Crippen LogP contribution is -2.53. The predicted molar refractivity (Wildman–Crippen MR) is 97.8 cm³/mol. The first-order valence-corrected chi connectivity index (χ1v) is 9.28. The molecule has 1 unspecified atom stereocenters. The minimum atomic E-state index is -4.44. The van der Waals surface area contributed by atoms with Crippen molar-refractivity contribution in [2.75, 3.05) is 25.4 Å². The van der Waals surface area contributed by atoms with Crippen molar-refractivity contribution in [1.82, 2.24) is 15.2 Å². The second-order valence-electron chi connectivity index (χ2n) is 8.22. The number of fused-ring (bicyclic) bond motifs is 1. The van der Waals surface area contributed by atoms with Crippen molar-refractivity contribution in [2.24, 2.45) is 10.9 Å². The molecule has 2 aliphatic rings. The zero-order valence-electron chi connectivity index (χ0n) is 16.2. The van der Waals surface area contributed by atoms with E-state index in [0.29, 0.717) is 30.1 Å². The van der Waals surface area contributed by atoms with Crippen LogP contribution in [0.1, 0.15) is 33.6 Å². The van der Waals surface area contributed by atoms with Crippen LogP contribution in [-0.2, 0) is 4.74 Å². The number of hydrogen-bond donors (Lipinski definition) is 3. The van der Waals surface area contributed by atoms with Gasteiger partial charge in [0.1, 0.15) is 17.0 Å². The first kappa shape index (κ1) is 20.3. The van der Waals surface area contributed by atoms with E-state index in [0.717, 1.165) is 0 Å². The van der Waals surface area contributed by atoms with E-state index in [1.165, 1.54) is 6.20 Å². The molecule has 3 heterocycles. The van der Waals surface area contributed by atoms with Crippen molar-refractivity contribution >= 4 is 17.5 Å². The van der Waals surface area contributed by atoms with Gasteiger partial charge in [0.05, 0.1) is 17.5 Å². The fraction of sp³-hybridized carbons (Fsp3) is 0.667. The van der Waals surface area contributed by atoms with Gasteiger partial charge in [-0.2, -0.15) is 13.2 Å². The fourth-order valence-electron chi connectivity index (χ4n) is 3.69. The fourth-order valence-corrected chi connectivity index (χ4v) is 3.69. The average molecular weight is 401 g/mol. The summed E-state index contributed by atoms with van der Waals surface area (Å²) in [5.41, 5.74) is 6.05. The summed E-state index contributed by atoms with van der Waals surface area (Å²) in [5.74, 6) is -1.72. The maximum atomic E-state index is 13.7. The first-order chi connectivity index (χ1) is 13.0. The maximum Gasteiger partial charge on any atom is 0.407 e.